The second-order valence-electron chi connectivity index (χ2n) is 19.7. The van der Waals surface area contributed by atoms with Gasteiger partial charge in [0.05, 0.1) is 25.6 Å². The standard InChI is InChI=1S/C70H56N2O2/c1-45-7-15-49(16-8-45)55-39-56(50-17-9-46(2)10-18-50)42-61(41-55)71(59-27-31-63(73-5)32-28-59)67-37-25-53-24-36-66-68(38-26-54-23-35-65(67)69(53)70(54)66)72(60-29-33-64(74-6)34-30-60)62-43-57(51-19-11-47(3)12-20-51)40-58(44-62)52-21-13-48(4)14-22-52/h7-44H,1-6H3. The van der Waals surface area contributed by atoms with E-state index in [1.165, 1.54) is 66.1 Å². The largest absolute Gasteiger partial charge is 0.497 e. The Morgan fingerprint density at radius 2 is 0.541 bits per heavy atom. The predicted molar refractivity (Wildman–Crippen MR) is 313 cm³/mol. The lowest BCUT2D eigenvalue weighted by atomic mass is 9.91. The van der Waals surface area contributed by atoms with Gasteiger partial charge in [0.2, 0.25) is 0 Å². The summed E-state index contributed by atoms with van der Waals surface area (Å²) in [6, 6.07) is 84.8. The van der Waals surface area contributed by atoms with E-state index in [0.29, 0.717) is 0 Å². The van der Waals surface area contributed by atoms with Gasteiger partial charge in [-0.05, 0) is 191 Å². The second-order valence-corrected chi connectivity index (χ2v) is 19.7. The smallest absolute Gasteiger partial charge is 0.119 e. The van der Waals surface area contributed by atoms with E-state index in [1.54, 1.807) is 14.2 Å². The predicted octanol–water partition coefficient (Wildman–Crippen LogP) is 19.4. The number of hydrogen-bond acceptors (Lipinski definition) is 4. The highest BCUT2D eigenvalue weighted by atomic mass is 16.5. The fourth-order valence-electron chi connectivity index (χ4n) is 10.6. The summed E-state index contributed by atoms with van der Waals surface area (Å²) >= 11 is 0. The molecule has 0 N–H and O–H groups in total. The third kappa shape index (κ3) is 8.65. The quantitative estimate of drug-likeness (QED) is 0.114. The molecule has 0 aliphatic rings. The number of hydrogen-bond donors (Lipinski definition) is 0. The lowest BCUT2D eigenvalue weighted by Gasteiger charge is -2.30. The van der Waals surface area contributed by atoms with Gasteiger partial charge in [0, 0.05) is 33.5 Å². The molecule has 0 radical (unpaired) electrons. The number of methoxy groups -OCH3 is 2. The van der Waals surface area contributed by atoms with Gasteiger partial charge in [-0.3, -0.25) is 0 Å². The molecule has 0 fully saturated rings. The fourth-order valence-corrected chi connectivity index (χ4v) is 10.6. The van der Waals surface area contributed by atoms with Crippen molar-refractivity contribution in [3.63, 3.8) is 0 Å². The fraction of sp³-hybridized carbons (Fsp3) is 0.0857. The normalized spacial score (nSPS) is 11.4. The van der Waals surface area contributed by atoms with E-state index in [0.717, 1.165) is 78.6 Å². The van der Waals surface area contributed by atoms with Gasteiger partial charge in [-0.25, -0.2) is 0 Å². The lowest BCUT2D eigenvalue weighted by molar-refractivity contribution is 0.414. The lowest BCUT2D eigenvalue weighted by Crippen LogP contribution is -2.12. The van der Waals surface area contributed by atoms with Crippen LogP contribution in [0.25, 0.3) is 76.8 Å². The van der Waals surface area contributed by atoms with Gasteiger partial charge < -0.3 is 19.3 Å². The molecule has 0 atom stereocenters. The molecule has 358 valence electrons. The Labute approximate surface area is 434 Å². The van der Waals surface area contributed by atoms with Gasteiger partial charge in [0.25, 0.3) is 0 Å². The Bertz CT molecular complexity index is 3580. The first-order chi connectivity index (χ1) is 36.2. The van der Waals surface area contributed by atoms with Crippen molar-refractivity contribution in [3.05, 3.63) is 253 Å². The molecule has 12 rings (SSSR count). The maximum absolute atomic E-state index is 5.72. The molecule has 0 saturated carbocycles. The Morgan fingerprint density at radius 3 is 0.824 bits per heavy atom. The first kappa shape index (κ1) is 46.0. The zero-order chi connectivity index (χ0) is 50.5. The average Bonchev–Trinajstić information content (AvgIpc) is 3.44. The van der Waals surface area contributed by atoms with Crippen LogP contribution in [-0.2, 0) is 0 Å². The third-order valence-electron chi connectivity index (χ3n) is 14.7. The summed E-state index contributed by atoms with van der Waals surface area (Å²) in [7, 11) is 3.45. The van der Waals surface area contributed by atoms with Crippen LogP contribution in [0.1, 0.15) is 22.3 Å². The zero-order valence-corrected chi connectivity index (χ0v) is 42.7. The average molecular weight is 957 g/mol. The van der Waals surface area contributed by atoms with Gasteiger partial charge in [-0.15, -0.1) is 0 Å². The summed E-state index contributed by atoms with van der Waals surface area (Å²) in [5, 5.41) is 7.11. The molecule has 0 saturated heterocycles. The summed E-state index contributed by atoms with van der Waals surface area (Å²) in [5.41, 5.74) is 20.5. The number of anilines is 6. The highest BCUT2D eigenvalue weighted by Gasteiger charge is 2.24. The minimum Gasteiger partial charge on any atom is -0.497 e. The van der Waals surface area contributed by atoms with E-state index in [-0.39, 0.29) is 0 Å². The first-order valence-electron chi connectivity index (χ1n) is 25.4. The van der Waals surface area contributed by atoms with Crippen LogP contribution in [0, 0.1) is 27.7 Å². The van der Waals surface area contributed by atoms with E-state index in [9.17, 15) is 0 Å². The van der Waals surface area contributed by atoms with Crippen molar-refractivity contribution in [1.82, 2.24) is 0 Å². The molecule has 0 aromatic heterocycles. The van der Waals surface area contributed by atoms with Gasteiger partial charge in [-0.2, -0.15) is 0 Å². The molecule has 0 spiro atoms. The van der Waals surface area contributed by atoms with Crippen molar-refractivity contribution in [3.8, 4) is 56.0 Å². The summed E-state index contributed by atoms with van der Waals surface area (Å²) in [4.78, 5) is 4.85. The number of benzene rings is 12. The van der Waals surface area contributed by atoms with Gasteiger partial charge in [-0.1, -0.05) is 156 Å². The Kier molecular flexibility index (Phi) is 11.9. The summed E-state index contributed by atoms with van der Waals surface area (Å²) < 4.78 is 11.4. The molecule has 0 aliphatic heterocycles. The number of rotatable bonds is 12. The van der Waals surface area contributed by atoms with Crippen molar-refractivity contribution in [2.24, 2.45) is 0 Å². The molecule has 12 aromatic rings. The topological polar surface area (TPSA) is 24.9 Å². The van der Waals surface area contributed by atoms with Crippen LogP contribution in [0.4, 0.5) is 34.1 Å². The van der Waals surface area contributed by atoms with Crippen molar-refractivity contribution in [1.29, 1.82) is 0 Å². The Balaban J connectivity index is 1.10. The van der Waals surface area contributed by atoms with Gasteiger partial charge in [0.1, 0.15) is 11.5 Å². The molecule has 4 nitrogen and oxygen atoms in total. The van der Waals surface area contributed by atoms with Gasteiger partial charge >= 0.3 is 0 Å². The van der Waals surface area contributed by atoms with Crippen LogP contribution in [0.5, 0.6) is 11.5 Å². The highest BCUT2D eigenvalue weighted by molar-refractivity contribution is 6.28. The van der Waals surface area contributed by atoms with Crippen LogP contribution < -0.4 is 19.3 Å². The molecule has 0 amide bonds. The second kappa shape index (κ2) is 19.1. The summed E-state index contributed by atoms with van der Waals surface area (Å²) in [5.74, 6) is 1.62. The summed E-state index contributed by atoms with van der Waals surface area (Å²) in [6.07, 6.45) is 0. The minimum atomic E-state index is 0.808. The van der Waals surface area contributed by atoms with E-state index in [2.05, 4.69) is 268 Å². The van der Waals surface area contributed by atoms with Crippen molar-refractivity contribution >= 4 is 66.4 Å². The van der Waals surface area contributed by atoms with Gasteiger partial charge in [0.15, 0.2) is 0 Å². The van der Waals surface area contributed by atoms with Crippen molar-refractivity contribution < 1.29 is 9.47 Å². The first-order valence-corrected chi connectivity index (χ1v) is 25.4. The van der Waals surface area contributed by atoms with E-state index in [1.807, 2.05) is 0 Å². The Morgan fingerprint density at radius 1 is 0.257 bits per heavy atom. The number of ether oxygens (including phenoxy) is 2. The minimum absolute atomic E-state index is 0.808. The molecule has 0 bridgehead atoms. The molecule has 12 aromatic carbocycles. The van der Waals surface area contributed by atoms with Crippen LogP contribution in [-0.4, -0.2) is 14.2 Å². The Hall–Kier alpha value is -9.12. The molecule has 74 heavy (non-hydrogen) atoms. The molecular weight excluding hydrogens is 901 g/mol. The maximum Gasteiger partial charge on any atom is 0.119 e. The summed E-state index contributed by atoms with van der Waals surface area (Å²) in [6.45, 7) is 8.57. The molecular formula is C70H56N2O2. The van der Waals surface area contributed by atoms with E-state index in [4.69, 9.17) is 9.47 Å². The molecule has 0 aliphatic carbocycles. The van der Waals surface area contributed by atoms with Crippen molar-refractivity contribution in [2.45, 2.75) is 27.7 Å². The monoisotopic (exact) mass is 956 g/mol. The molecule has 0 heterocycles. The number of nitrogens with zero attached hydrogens (tertiary/aromatic N) is 2. The maximum atomic E-state index is 5.72. The molecule has 0 unspecified atom stereocenters. The van der Waals surface area contributed by atoms with Crippen LogP contribution in [0.3, 0.4) is 0 Å². The third-order valence-corrected chi connectivity index (χ3v) is 14.7. The number of aryl methyl sites for hydroxylation is 4. The SMILES string of the molecule is COc1ccc(N(c2cc(-c3ccc(C)cc3)cc(-c3ccc(C)cc3)c2)c2ccc3ccc4c(N(c5ccc(OC)cc5)c5cc(-c6ccc(C)cc6)cc(-c6ccc(C)cc6)c5)ccc5ccc2c3c54)cc1. The van der Waals surface area contributed by atoms with Crippen LogP contribution in [0.2, 0.25) is 0 Å². The van der Waals surface area contributed by atoms with E-state index >= 15 is 0 Å². The molecule has 4 heteroatoms. The van der Waals surface area contributed by atoms with Crippen LogP contribution in [0.15, 0.2) is 231 Å². The van der Waals surface area contributed by atoms with E-state index < -0.39 is 0 Å². The van der Waals surface area contributed by atoms with Crippen molar-refractivity contribution in [2.75, 3.05) is 24.0 Å². The van der Waals surface area contributed by atoms with Crippen LogP contribution >= 0.6 is 0 Å². The zero-order valence-electron chi connectivity index (χ0n) is 42.7. The highest BCUT2D eigenvalue weighted by Crippen LogP contribution is 2.49.